The van der Waals surface area contributed by atoms with Crippen LogP contribution in [0.25, 0.3) is 0 Å². The smallest absolute Gasteiger partial charge is 0.408 e. The molecule has 0 aromatic heterocycles. The fourth-order valence-corrected chi connectivity index (χ4v) is 3.44. The molecule has 3 amide bonds. The molecule has 0 aliphatic carbocycles. The minimum Gasteiger partial charge on any atom is -0.445 e. The third kappa shape index (κ3) is 7.91. The van der Waals surface area contributed by atoms with Crippen molar-refractivity contribution >= 4 is 17.9 Å². The number of alkyl carbamates (subject to hydrolysis) is 1. The molecule has 0 saturated carbocycles. The van der Waals surface area contributed by atoms with Crippen LogP contribution in [0.3, 0.4) is 0 Å². The van der Waals surface area contributed by atoms with E-state index in [2.05, 4.69) is 16.0 Å². The highest BCUT2D eigenvalue weighted by atomic mass is 16.5. The van der Waals surface area contributed by atoms with Crippen LogP contribution in [-0.2, 0) is 27.4 Å². The number of hydrogen-bond donors (Lipinski definition) is 3. The summed E-state index contributed by atoms with van der Waals surface area (Å²) in [5, 5.41) is 8.50. The molecule has 3 N–H and O–H groups in total. The van der Waals surface area contributed by atoms with E-state index >= 15 is 0 Å². The first-order chi connectivity index (χ1) is 15.6. The maximum Gasteiger partial charge on any atom is 0.408 e. The second kappa shape index (κ2) is 12.3. The van der Waals surface area contributed by atoms with Crippen molar-refractivity contribution in [2.75, 3.05) is 6.54 Å². The Morgan fingerprint density at radius 2 is 1.66 bits per heavy atom. The second-order valence-corrected chi connectivity index (χ2v) is 7.71. The van der Waals surface area contributed by atoms with Gasteiger partial charge in [-0.2, -0.15) is 0 Å². The van der Waals surface area contributed by atoms with Crippen LogP contribution < -0.4 is 16.0 Å². The molecular formula is C25H29N3O4. The summed E-state index contributed by atoms with van der Waals surface area (Å²) in [6, 6.07) is 18.0. The molecule has 3 rings (SSSR count). The highest BCUT2D eigenvalue weighted by Crippen LogP contribution is 2.08. The number of benzene rings is 2. The Morgan fingerprint density at radius 1 is 0.969 bits per heavy atom. The first-order valence-electron chi connectivity index (χ1n) is 10.9. The molecule has 32 heavy (non-hydrogen) atoms. The Morgan fingerprint density at radius 3 is 2.38 bits per heavy atom. The Bertz CT molecular complexity index is 915. The van der Waals surface area contributed by atoms with Crippen LogP contribution in [0.1, 0.15) is 30.4 Å². The van der Waals surface area contributed by atoms with Gasteiger partial charge in [-0.1, -0.05) is 66.7 Å². The van der Waals surface area contributed by atoms with Crippen molar-refractivity contribution in [1.29, 1.82) is 0 Å². The zero-order valence-corrected chi connectivity index (χ0v) is 18.0. The van der Waals surface area contributed by atoms with Gasteiger partial charge in [-0.3, -0.25) is 9.59 Å². The van der Waals surface area contributed by atoms with Crippen LogP contribution in [0, 0.1) is 0 Å². The molecule has 0 fully saturated rings. The summed E-state index contributed by atoms with van der Waals surface area (Å²) in [4.78, 5) is 37.3. The van der Waals surface area contributed by atoms with Crippen molar-refractivity contribution in [1.82, 2.24) is 16.0 Å². The number of nitrogens with one attached hydrogen (secondary N) is 3. The van der Waals surface area contributed by atoms with Crippen molar-refractivity contribution in [3.8, 4) is 0 Å². The molecule has 7 nitrogen and oxygen atoms in total. The molecule has 2 atom stereocenters. The molecule has 0 spiro atoms. The van der Waals surface area contributed by atoms with Gasteiger partial charge in [-0.25, -0.2) is 4.79 Å². The molecule has 0 saturated heterocycles. The highest BCUT2D eigenvalue weighted by Gasteiger charge is 2.23. The number of hydrogen-bond acceptors (Lipinski definition) is 4. The van der Waals surface area contributed by atoms with Gasteiger partial charge in [-0.15, -0.1) is 0 Å². The molecule has 7 heteroatoms. The van der Waals surface area contributed by atoms with Gasteiger partial charge in [0.25, 0.3) is 0 Å². The van der Waals surface area contributed by atoms with E-state index < -0.39 is 12.1 Å². The average Bonchev–Trinajstić information content (AvgIpc) is 2.81. The molecule has 0 bridgehead atoms. The number of rotatable bonds is 5. The van der Waals surface area contributed by atoms with Gasteiger partial charge >= 0.3 is 6.09 Å². The zero-order chi connectivity index (χ0) is 22.6. The number of amides is 3. The molecule has 0 radical (unpaired) electrons. The van der Waals surface area contributed by atoms with Crippen molar-refractivity contribution in [2.24, 2.45) is 0 Å². The van der Waals surface area contributed by atoms with E-state index in [4.69, 9.17) is 4.74 Å². The predicted molar refractivity (Wildman–Crippen MR) is 122 cm³/mol. The van der Waals surface area contributed by atoms with Gasteiger partial charge in [0.05, 0.1) is 6.04 Å². The normalized spacial score (nSPS) is 20.6. The maximum atomic E-state index is 13.0. The molecular weight excluding hydrogens is 406 g/mol. The average molecular weight is 436 g/mol. The Hall–Kier alpha value is -3.61. The molecule has 1 aliphatic heterocycles. The number of carbonyl (C=O) groups is 3. The summed E-state index contributed by atoms with van der Waals surface area (Å²) in [6.45, 7) is 0.645. The van der Waals surface area contributed by atoms with E-state index in [0.29, 0.717) is 32.2 Å². The lowest BCUT2D eigenvalue weighted by atomic mass is 10.0. The first-order valence-corrected chi connectivity index (χ1v) is 10.9. The summed E-state index contributed by atoms with van der Waals surface area (Å²) in [7, 11) is 0. The van der Waals surface area contributed by atoms with Crippen molar-refractivity contribution < 1.29 is 19.1 Å². The zero-order valence-electron chi connectivity index (χ0n) is 18.0. The highest BCUT2D eigenvalue weighted by molar-refractivity contribution is 5.88. The predicted octanol–water partition coefficient (Wildman–Crippen LogP) is 2.87. The van der Waals surface area contributed by atoms with Gasteiger partial charge in [0.1, 0.15) is 12.6 Å². The quantitative estimate of drug-likeness (QED) is 0.673. The van der Waals surface area contributed by atoms with E-state index in [1.54, 1.807) is 6.08 Å². The second-order valence-electron chi connectivity index (χ2n) is 7.71. The van der Waals surface area contributed by atoms with Gasteiger partial charge < -0.3 is 20.7 Å². The summed E-state index contributed by atoms with van der Waals surface area (Å²) in [5.74, 6) is -0.481. The van der Waals surface area contributed by atoms with Crippen molar-refractivity contribution in [3.05, 3.63) is 83.9 Å². The van der Waals surface area contributed by atoms with Gasteiger partial charge in [-0.05, 0) is 36.8 Å². The lowest BCUT2D eigenvalue weighted by Crippen LogP contribution is -2.50. The molecule has 0 unspecified atom stereocenters. The fraction of sp³-hybridized carbons (Fsp3) is 0.320. The van der Waals surface area contributed by atoms with Gasteiger partial charge in [0, 0.05) is 12.6 Å². The van der Waals surface area contributed by atoms with Crippen LogP contribution in [0.5, 0.6) is 0 Å². The molecule has 168 valence electrons. The first kappa shape index (κ1) is 23.1. The summed E-state index contributed by atoms with van der Waals surface area (Å²) < 4.78 is 5.29. The van der Waals surface area contributed by atoms with E-state index in [0.717, 1.165) is 11.1 Å². The molecule has 2 aromatic carbocycles. The van der Waals surface area contributed by atoms with E-state index in [9.17, 15) is 14.4 Å². The Kier molecular flexibility index (Phi) is 8.86. The van der Waals surface area contributed by atoms with Crippen molar-refractivity contribution in [2.45, 2.75) is 44.4 Å². The lowest BCUT2D eigenvalue weighted by molar-refractivity contribution is -0.124. The Labute approximate surface area is 188 Å². The van der Waals surface area contributed by atoms with Crippen LogP contribution in [0.15, 0.2) is 72.8 Å². The standard InChI is InChI=1S/C25H29N3O4/c29-23-15-14-21(17-19-9-3-1-4-10-19)27-24(30)22(13-7-8-16-26-23)28-25(31)32-18-20-11-5-2-6-12-20/h1-6,9-12,14-15,21-22H,7-8,13,16-18H2,(H,26,29)(H,27,30)(H,28,31)/b15-14-/t21-,22+/m1/s1. The third-order valence-corrected chi connectivity index (χ3v) is 5.15. The summed E-state index contributed by atoms with van der Waals surface area (Å²) >= 11 is 0. The summed E-state index contributed by atoms with van der Waals surface area (Å²) in [5.41, 5.74) is 1.90. The Balaban J connectivity index is 1.65. The van der Waals surface area contributed by atoms with Gasteiger partial charge in [0.15, 0.2) is 0 Å². The molecule has 1 aliphatic rings. The SMILES string of the molecule is O=C1/C=C\[C@H](Cc2ccccc2)NC(=O)[C@@H](NC(=O)OCc2ccccc2)CCCCN1. The minimum atomic E-state index is -0.722. The van der Waals surface area contributed by atoms with E-state index in [1.807, 2.05) is 60.7 Å². The monoisotopic (exact) mass is 435 g/mol. The number of ether oxygens (including phenoxy) is 1. The lowest BCUT2D eigenvalue weighted by Gasteiger charge is -2.22. The largest absolute Gasteiger partial charge is 0.445 e. The van der Waals surface area contributed by atoms with E-state index in [-0.39, 0.29) is 24.5 Å². The number of carbonyl (C=O) groups excluding carboxylic acids is 3. The third-order valence-electron chi connectivity index (χ3n) is 5.15. The summed E-state index contributed by atoms with van der Waals surface area (Å²) in [6.07, 6.45) is 4.86. The van der Waals surface area contributed by atoms with Crippen LogP contribution in [0.2, 0.25) is 0 Å². The molecule has 1 heterocycles. The van der Waals surface area contributed by atoms with Crippen LogP contribution in [-0.4, -0.2) is 36.5 Å². The van der Waals surface area contributed by atoms with Gasteiger partial charge in [0.2, 0.25) is 11.8 Å². The maximum absolute atomic E-state index is 13.0. The minimum absolute atomic E-state index is 0.131. The van der Waals surface area contributed by atoms with Crippen molar-refractivity contribution in [3.63, 3.8) is 0 Å². The fourth-order valence-electron chi connectivity index (χ4n) is 3.44. The van der Waals surface area contributed by atoms with Crippen LogP contribution in [0.4, 0.5) is 4.79 Å². The molecule has 2 aromatic rings. The van der Waals surface area contributed by atoms with E-state index in [1.165, 1.54) is 6.08 Å². The topological polar surface area (TPSA) is 96.5 Å². The van der Waals surface area contributed by atoms with Crippen LogP contribution >= 0.6 is 0 Å².